The fraction of sp³-hybridized carbons (Fsp3) is 0.320. The van der Waals surface area contributed by atoms with Crippen LogP contribution in [0, 0.1) is 0 Å². The predicted molar refractivity (Wildman–Crippen MR) is 125 cm³/mol. The van der Waals surface area contributed by atoms with E-state index in [1.54, 1.807) is 18.2 Å². The molecule has 1 fully saturated rings. The lowest BCUT2D eigenvalue weighted by molar-refractivity contribution is -0.274. The molecule has 0 aromatic heterocycles. The first-order chi connectivity index (χ1) is 17.3. The van der Waals surface area contributed by atoms with Crippen LogP contribution in [0.2, 0.25) is 0 Å². The van der Waals surface area contributed by atoms with E-state index in [1.807, 2.05) is 0 Å². The summed E-state index contributed by atoms with van der Waals surface area (Å²) in [5, 5.41) is 2.65. The summed E-state index contributed by atoms with van der Waals surface area (Å²) in [6.45, 7) is 3.90. The van der Waals surface area contributed by atoms with E-state index < -0.39 is 41.8 Å². The number of piperidine rings is 1. The molecule has 2 aromatic rings. The van der Waals surface area contributed by atoms with Crippen LogP contribution in [0.3, 0.4) is 0 Å². The lowest BCUT2D eigenvalue weighted by Gasteiger charge is -2.30. The molecule has 2 aliphatic rings. The van der Waals surface area contributed by atoms with Gasteiger partial charge in [-0.3, -0.25) is 14.4 Å². The third-order valence-electron chi connectivity index (χ3n) is 6.21. The molecule has 2 aromatic carbocycles. The quantitative estimate of drug-likeness (QED) is 0.441. The topological polar surface area (TPSA) is 75.7 Å². The van der Waals surface area contributed by atoms with Gasteiger partial charge in [-0.25, -0.2) is 0 Å². The number of amides is 2. The summed E-state index contributed by atoms with van der Waals surface area (Å²) in [6, 6.07) is 6.25. The maximum Gasteiger partial charge on any atom is 0.573 e. The standard InChI is InChI=1S/C25H20BrF5N2O4/c1-13-2-7-19(22(35)32-13)33-12-15-10-14(3-6-17(15)23(33)36)4-9-21(34)24(27,28)16-5-8-20(18(26)11-16)37-25(29,30)31/h3,5-6,8,10-11,19H,1-2,4,7,9,12H2,(H,32,35). The summed E-state index contributed by atoms with van der Waals surface area (Å²) in [4.78, 5) is 39.0. The monoisotopic (exact) mass is 586 g/mol. The molecule has 0 spiro atoms. The number of alkyl halides is 5. The predicted octanol–water partition coefficient (Wildman–Crippen LogP) is 5.39. The summed E-state index contributed by atoms with van der Waals surface area (Å²) >= 11 is 2.76. The number of rotatable bonds is 7. The average molecular weight is 587 g/mol. The molecule has 2 aliphatic heterocycles. The summed E-state index contributed by atoms with van der Waals surface area (Å²) in [6.07, 6.45) is -4.60. The molecular weight excluding hydrogens is 567 g/mol. The van der Waals surface area contributed by atoms with Crippen molar-refractivity contribution in [3.8, 4) is 5.75 Å². The van der Waals surface area contributed by atoms with E-state index in [2.05, 4.69) is 32.6 Å². The molecule has 2 heterocycles. The van der Waals surface area contributed by atoms with Gasteiger partial charge in [-0.05, 0) is 70.6 Å². The van der Waals surface area contributed by atoms with Crippen molar-refractivity contribution in [2.75, 3.05) is 0 Å². The number of ketones is 1. The van der Waals surface area contributed by atoms with Crippen molar-refractivity contribution >= 4 is 33.5 Å². The summed E-state index contributed by atoms with van der Waals surface area (Å²) < 4.78 is 70.1. The molecule has 4 rings (SSSR count). The molecule has 0 radical (unpaired) electrons. The molecule has 37 heavy (non-hydrogen) atoms. The molecule has 0 bridgehead atoms. The maximum absolute atomic E-state index is 14.8. The molecule has 1 N–H and O–H groups in total. The molecule has 1 atom stereocenters. The van der Waals surface area contributed by atoms with Crippen LogP contribution in [0.15, 0.2) is 53.1 Å². The fourth-order valence-corrected chi connectivity index (χ4v) is 4.80. The minimum atomic E-state index is -5.00. The number of fused-ring (bicyclic) bond motifs is 1. The van der Waals surface area contributed by atoms with Crippen molar-refractivity contribution in [3.05, 3.63) is 75.4 Å². The number of carbonyl (C=O) groups excluding carboxylic acids is 3. The second-order valence-electron chi connectivity index (χ2n) is 8.76. The number of aryl methyl sites for hydroxylation is 1. The molecule has 196 valence electrons. The van der Waals surface area contributed by atoms with Crippen molar-refractivity contribution in [2.24, 2.45) is 0 Å². The Hall–Kier alpha value is -3.28. The highest BCUT2D eigenvalue weighted by Crippen LogP contribution is 2.37. The highest BCUT2D eigenvalue weighted by Gasteiger charge is 2.41. The highest BCUT2D eigenvalue weighted by atomic mass is 79.9. The molecule has 6 nitrogen and oxygen atoms in total. The van der Waals surface area contributed by atoms with E-state index in [-0.39, 0.29) is 29.3 Å². The zero-order chi connectivity index (χ0) is 27.1. The first kappa shape index (κ1) is 26.8. The Morgan fingerprint density at radius 2 is 1.86 bits per heavy atom. The number of nitrogens with one attached hydrogen (secondary N) is 1. The van der Waals surface area contributed by atoms with Crippen LogP contribution in [-0.4, -0.2) is 34.9 Å². The van der Waals surface area contributed by atoms with Crippen molar-refractivity contribution in [2.45, 2.75) is 50.6 Å². The fourth-order valence-electron chi connectivity index (χ4n) is 4.34. The third-order valence-corrected chi connectivity index (χ3v) is 6.83. The van der Waals surface area contributed by atoms with Crippen LogP contribution in [0.25, 0.3) is 0 Å². The van der Waals surface area contributed by atoms with Gasteiger partial charge >= 0.3 is 12.3 Å². The van der Waals surface area contributed by atoms with Crippen LogP contribution in [0.4, 0.5) is 22.0 Å². The van der Waals surface area contributed by atoms with Crippen LogP contribution in [0.5, 0.6) is 5.75 Å². The Morgan fingerprint density at radius 3 is 2.51 bits per heavy atom. The summed E-state index contributed by atoms with van der Waals surface area (Å²) in [5.74, 6) is -6.69. The van der Waals surface area contributed by atoms with Gasteiger partial charge in [0.15, 0.2) is 0 Å². The second kappa shape index (κ2) is 9.88. The van der Waals surface area contributed by atoms with Gasteiger partial charge in [0, 0.05) is 29.8 Å². The number of hydrogen-bond donors (Lipinski definition) is 1. The van der Waals surface area contributed by atoms with Crippen molar-refractivity contribution in [1.82, 2.24) is 10.2 Å². The third kappa shape index (κ3) is 5.68. The summed E-state index contributed by atoms with van der Waals surface area (Å²) in [7, 11) is 0. The molecule has 1 saturated heterocycles. The molecule has 1 unspecified atom stereocenters. The van der Waals surface area contributed by atoms with Crippen LogP contribution >= 0.6 is 15.9 Å². The normalized spacial score (nSPS) is 18.1. The number of benzene rings is 2. The van der Waals surface area contributed by atoms with Crippen molar-refractivity contribution in [3.63, 3.8) is 0 Å². The first-order valence-corrected chi connectivity index (χ1v) is 11.9. The van der Waals surface area contributed by atoms with E-state index >= 15 is 0 Å². The summed E-state index contributed by atoms with van der Waals surface area (Å²) in [5.41, 5.74) is 1.40. The maximum atomic E-state index is 14.8. The number of ether oxygens (including phenoxy) is 1. The zero-order valence-electron chi connectivity index (χ0n) is 19.1. The lowest BCUT2D eigenvalue weighted by atomic mass is 9.97. The van der Waals surface area contributed by atoms with E-state index in [0.29, 0.717) is 53.4 Å². The molecule has 2 amide bonds. The Bertz CT molecular complexity index is 1290. The van der Waals surface area contributed by atoms with Gasteiger partial charge in [0.05, 0.1) is 4.47 Å². The number of carbonyl (C=O) groups is 3. The number of allylic oxidation sites excluding steroid dienone is 1. The van der Waals surface area contributed by atoms with E-state index in [4.69, 9.17) is 0 Å². The Labute approximate surface area is 216 Å². The zero-order valence-corrected chi connectivity index (χ0v) is 20.7. The van der Waals surface area contributed by atoms with Gasteiger partial charge in [0.1, 0.15) is 11.8 Å². The lowest BCUT2D eigenvalue weighted by Crippen LogP contribution is -2.49. The number of Topliss-reactive ketones (excluding diaryl/α,β-unsaturated/α-hetero) is 1. The van der Waals surface area contributed by atoms with Crippen LogP contribution in [-0.2, 0) is 28.5 Å². The SMILES string of the molecule is C=C1CCC(N2Cc3cc(CCC(=O)C(F)(F)c4ccc(OC(F)(F)F)c(Br)c4)ccc3C2=O)C(=O)N1. The van der Waals surface area contributed by atoms with E-state index in [9.17, 15) is 36.3 Å². The smallest absolute Gasteiger partial charge is 0.405 e. The van der Waals surface area contributed by atoms with Crippen molar-refractivity contribution in [1.29, 1.82) is 0 Å². The van der Waals surface area contributed by atoms with Crippen LogP contribution < -0.4 is 10.1 Å². The molecule has 0 saturated carbocycles. The number of nitrogens with zero attached hydrogens (tertiary/aromatic N) is 1. The van der Waals surface area contributed by atoms with Gasteiger partial charge in [0.2, 0.25) is 11.7 Å². The van der Waals surface area contributed by atoms with Gasteiger partial charge in [-0.1, -0.05) is 18.7 Å². The Kier molecular flexibility index (Phi) is 7.15. The Morgan fingerprint density at radius 1 is 1.14 bits per heavy atom. The highest BCUT2D eigenvalue weighted by molar-refractivity contribution is 9.10. The Balaban J connectivity index is 1.42. The van der Waals surface area contributed by atoms with Gasteiger partial charge < -0.3 is 15.0 Å². The van der Waals surface area contributed by atoms with Crippen molar-refractivity contribution < 1.29 is 41.1 Å². The first-order valence-electron chi connectivity index (χ1n) is 11.1. The van der Waals surface area contributed by atoms with Gasteiger partial charge in [0.25, 0.3) is 5.91 Å². The number of halogens is 6. The van der Waals surface area contributed by atoms with E-state index in [0.717, 1.165) is 0 Å². The van der Waals surface area contributed by atoms with Gasteiger partial charge in [-0.2, -0.15) is 8.78 Å². The second-order valence-corrected chi connectivity index (χ2v) is 9.62. The number of hydrogen-bond acceptors (Lipinski definition) is 4. The van der Waals surface area contributed by atoms with Crippen LogP contribution in [0.1, 0.15) is 46.3 Å². The van der Waals surface area contributed by atoms with E-state index in [1.165, 1.54) is 4.90 Å². The minimum absolute atomic E-state index is 0.0456. The molecule has 12 heteroatoms. The molecular formula is C25H20BrF5N2O4. The average Bonchev–Trinajstić information content (AvgIpc) is 3.13. The molecule has 0 aliphatic carbocycles. The van der Waals surface area contributed by atoms with Gasteiger partial charge in [-0.15, -0.1) is 13.2 Å². The largest absolute Gasteiger partial charge is 0.573 e. The minimum Gasteiger partial charge on any atom is -0.405 e.